The highest BCUT2D eigenvalue weighted by atomic mass is 35.5. The molecule has 0 amide bonds. The van der Waals surface area contributed by atoms with Crippen LogP contribution in [0.3, 0.4) is 0 Å². The number of nitrogens with zero attached hydrogens (tertiary/aromatic N) is 3. The first-order chi connectivity index (χ1) is 12.1. The maximum atomic E-state index is 6.46. The fourth-order valence-electron chi connectivity index (χ4n) is 3.73. The lowest BCUT2D eigenvalue weighted by molar-refractivity contribution is 0.299. The smallest absolute Gasteiger partial charge is 0.220 e. The van der Waals surface area contributed by atoms with E-state index < -0.39 is 5.66 Å². The molecule has 4 rings (SSSR count). The van der Waals surface area contributed by atoms with Crippen LogP contribution in [0.5, 0.6) is 5.75 Å². The van der Waals surface area contributed by atoms with Crippen molar-refractivity contribution >= 4 is 29.2 Å². The van der Waals surface area contributed by atoms with Gasteiger partial charge in [0.05, 0.1) is 11.6 Å². The van der Waals surface area contributed by atoms with E-state index in [1.54, 1.807) is 0 Å². The third-order valence-electron chi connectivity index (χ3n) is 5.20. The second kappa shape index (κ2) is 6.41. The molecule has 1 spiro atoms. The van der Waals surface area contributed by atoms with Crippen molar-refractivity contribution in [2.24, 2.45) is 27.4 Å². The average Bonchev–Trinajstić information content (AvgIpc) is 3.38. The molecule has 2 aliphatic carbocycles. The van der Waals surface area contributed by atoms with Crippen LogP contribution in [0.1, 0.15) is 44.9 Å². The van der Waals surface area contributed by atoms with E-state index in [2.05, 4.69) is 9.98 Å². The number of aliphatic imine (C=N–C) groups is 2. The van der Waals surface area contributed by atoms with Gasteiger partial charge >= 0.3 is 0 Å². The summed E-state index contributed by atoms with van der Waals surface area (Å²) in [6, 6.07) is 5.77. The van der Waals surface area contributed by atoms with Crippen LogP contribution in [0.2, 0.25) is 5.02 Å². The third-order valence-corrected chi connectivity index (χ3v) is 5.49. The molecule has 6 nitrogen and oxygen atoms in total. The summed E-state index contributed by atoms with van der Waals surface area (Å²) in [4.78, 5) is 10.8. The molecule has 2 saturated carbocycles. The Bertz CT molecular complexity index is 722. The van der Waals surface area contributed by atoms with Gasteiger partial charge in [0.25, 0.3) is 0 Å². The Balaban J connectivity index is 1.64. The third kappa shape index (κ3) is 3.27. The van der Waals surface area contributed by atoms with Gasteiger partial charge in [-0.15, -0.1) is 0 Å². The number of rotatable bonds is 4. The molecule has 3 aliphatic rings. The zero-order valence-corrected chi connectivity index (χ0v) is 15.0. The predicted octanol–water partition coefficient (Wildman–Crippen LogP) is 3.24. The van der Waals surface area contributed by atoms with Crippen LogP contribution in [-0.2, 0) is 0 Å². The zero-order valence-electron chi connectivity index (χ0n) is 14.2. The number of anilines is 1. The number of benzene rings is 1. The lowest BCUT2D eigenvalue weighted by Gasteiger charge is -2.45. The van der Waals surface area contributed by atoms with Gasteiger partial charge in [-0.25, -0.2) is 4.99 Å². The molecular weight excluding hydrogens is 338 g/mol. The van der Waals surface area contributed by atoms with Crippen LogP contribution in [0, 0.1) is 5.92 Å². The maximum Gasteiger partial charge on any atom is 0.220 e. The Labute approximate surface area is 152 Å². The average molecular weight is 362 g/mol. The molecule has 0 atom stereocenters. The maximum absolute atomic E-state index is 6.46. The van der Waals surface area contributed by atoms with Crippen LogP contribution in [0.25, 0.3) is 0 Å². The van der Waals surface area contributed by atoms with E-state index in [9.17, 15) is 0 Å². The van der Waals surface area contributed by atoms with E-state index in [4.69, 9.17) is 27.8 Å². The van der Waals surface area contributed by atoms with E-state index in [1.807, 2.05) is 23.1 Å². The Kier molecular flexibility index (Phi) is 4.23. The SMILES string of the molecule is NC1=NC2(CCCCC2)N(c2ccc(OCC3CC3)c(Cl)c2)C(N)=N1. The summed E-state index contributed by atoms with van der Waals surface area (Å²) < 4.78 is 5.82. The van der Waals surface area contributed by atoms with Crippen molar-refractivity contribution in [3.63, 3.8) is 0 Å². The van der Waals surface area contributed by atoms with Crippen molar-refractivity contribution in [1.82, 2.24) is 0 Å². The monoisotopic (exact) mass is 361 g/mol. The minimum atomic E-state index is -0.451. The van der Waals surface area contributed by atoms with E-state index in [0.29, 0.717) is 22.6 Å². The van der Waals surface area contributed by atoms with Gasteiger partial charge < -0.3 is 16.2 Å². The van der Waals surface area contributed by atoms with E-state index in [1.165, 1.54) is 19.3 Å². The molecule has 1 aromatic rings. The summed E-state index contributed by atoms with van der Waals surface area (Å²) in [7, 11) is 0. The molecule has 0 unspecified atom stereocenters. The lowest BCUT2D eigenvalue weighted by atomic mass is 9.87. The van der Waals surface area contributed by atoms with Crippen molar-refractivity contribution in [3.8, 4) is 5.75 Å². The van der Waals surface area contributed by atoms with Gasteiger partial charge in [-0.1, -0.05) is 18.0 Å². The highest BCUT2D eigenvalue weighted by Gasteiger charge is 2.42. The highest BCUT2D eigenvalue weighted by Crippen LogP contribution is 2.41. The Morgan fingerprint density at radius 1 is 1.20 bits per heavy atom. The van der Waals surface area contributed by atoms with E-state index in [0.717, 1.165) is 38.0 Å². The molecule has 134 valence electrons. The number of halogens is 1. The molecule has 2 fully saturated rings. The number of nitrogens with two attached hydrogens (primary N) is 2. The van der Waals surface area contributed by atoms with Gasteiger partial charge in [0, 0.05) is 5.69 Å². The minimum absolute atomic E-state index is 0.256. The Morgan fingerprint density at radius 2 is 1.96 bits per heavy atom. The van der Waals surface area contributed by atoms with Crippen molar-refractivity contribution < 1.29 is 4.74 Å². The summed E-state index contributed by atoms with van der Waals surface area (Å²) in [6.07, 6.45) is 7.70. The van der Waals surface area contributed by atoms with Crippen LogP contribution in [-0.4, -0.2) is 24.2 Å². The number of hydrogen-bond acceptors (Lipinski definition) is 6. The lowest BCUT2D eigenvalue weighted by Crippen LogP contribution is -2.58. The van der Waals surface area contributed by atoms with Crippen LogP contribution in [0.15, 0.2) is 28.2 Å². The van der Waals surface area contributed by atoms with Crippen molar-refractivity contribution in [2.45, 2.75) is 50.6 Å². The van der Waals surface area contributed by atoms with Gasteiger partial charge in [-0.2, -0.15) is 4.99 Å². The Morgan fingerprint density at radius 3 is 2.64 bits per heavy atom. The first kappa shape index (κ1) is 16.5. The van der Waals surface area contributed by atoms with Crippen LogP contribution >= 0.6 is 11.6 Å². The summed E-state index contributed by atoms with van der Waals surface area (Å²) in [6.45, 7) is 0.733. The fraction of sp³-hybridized carbons (Fsp3) is 0.556. The molecule has 25 heavy (non-hydrogen) atoms. The predicted molar refractivity (Wildman–Crippen MR) is 101 cm³/mol. The second-order valence-electron chi connectivity index (χ2n) is 7.19. The van der Waals surface area contributed by atoms with Crippen molar-refractivity contribution in [2.75, 3.05) is 11.5 Å². The molecule has 1 aliphatic heterocycles. The van der Waals surface area contributed by atoms with E-state index in [-0.39, 0.29) is 5.96 Å². The highest BCUT2D eigenvalue weighted by molar-refractivity contribution is 6.32. The van der Waals surface area contributed by atoms with Gasteiger partial charge in [0.2, 0.25) is 11.9 Å². The quantitative estimate of drug-likeness (QED) is 0.861. The molecule has 0 saturated heterocycles. The van der Waals surface area contributed by atoms with Gasteiger partial charge in [-0.05, 0) is 62.6 Å². The van der Waals surface area contributed by atoms with Gasteiger partial charge in [0.15, 0.2) is 0 Å². The normalized spacial score (nSPS) is 22.5. The van der Waals surface area contributed by atoms with E-state index >= 15 is 0 Å². The molecular formula is C18H24ClN5O. The molecule has 0 bridgehead atoms. The molecule has 1 heterocycles. The molecule has 4 N–H and O–H groups in total. The summed E-state index contributed by atoms with van der Waals surface area (Å²) >= 11 is 6.46. The number of ether oxygens (including phenoxy) is 1. The standard InChI is InChI=1S/C18H24ClN5O/c19-14-10-13(6-7-15(14)25-11-12-4-5-12)24-17(21)22-16(20)23-18(24)8-2-1-3-9-18/h6-7,10,12H,1-5,8-9,11H2,(H4,20,21,22,23). The molecule has 7 heteroatoms. The number of hydrogen-bond donors (Lipinski definition) is 2. The largest absolute Gasteiger partial charge is 0.492 e. The number of guanidine groups is 2. The molecule has 1 aromatic carbocycles. The van der Waals surface area contributed by atoms with Crippen LogP contribution in [0.4, 0.5) is 5.69 Å². The van der Waals surface area contributed by atoms with Gasteiger partial charge in [0.1, 0.15) is 11.4 Å². The van der Waals surface area contributed by atoms with Crippen molar-refractivity contribution in [3.05, 3.63) is 23.2 Å². The first-order valence-corrected chi connectivity index (χ1v) is 9.37. The van der Waals surface area contributed by atoms with Gasteiger partial charge in [-0.3, -0.25) is 4.90 Å². The molecule has 0 radical (unpaired) electrons. The summed E-state index contributed by atoms with van der Waals surface area (Å²) in [5.41, 5.74) is 12.6. The fourth-order valence-corrected chi connectivity index (χ4v) is 3.96. The Hall–Kier alpha value is -1.95. The van der Waals surface area contributed by atoms with Crippen LogP contribution < -0.4 is 21.1 Å². The zero-order chi connectivity index (χ0) is 17.4. The summed E-state index contributed by atoms with van der Waals surface area (Å²) in [5, 5.41) is 0.583. The summed E-state index contributed by atoms with van der Waals surface area (Å²) in [5.74, 6) is 2.03. The molecule has 0 aromatic heterocycles. The minimum Gasteiger partial charge on any atom is -0.492 e. The topological polar surface area (TPSA) is 89.2 Å². The van der Waals surface area contributed by atoms with Crippen molar-refractivity contribution in [1.29, 1.82) is 0 Å². The first-order valence-electron chi connectivity index (χ1n) is 8.99. The second-order valence-corrected chi connectivity index (χ2v) is 7.59.